The lowest BCUT2D eigenvalue weighted by atomic mass is 9.89. The zero-order valence-electron chi connectivity index (χ0n) is 33.0. The number of ether oxygens (including phenoxy) is 3. The number of hydrogen-bond donors (Lipinski definition) is 4. The van der Waals surface area contributed by atoms with Gasteiger partial charge in [0.1, 0.15) is 6.04 Å². The number of urea groups is 1. The second kappa shape index (κ2) is 19.7. The van der Waals surface area contributed by atoms with E-state index in [0.717, 1.165) is 44.5 Å². The summed E-state index contributed by atoms with van der Waals surface area (Å²) in [4.78, 5) is 27.4. The Bertz CT molecular complexity index is 2030. The molecular weight excluding hydrogens is 719 g/mol. The van der Waals surface area contributed by atoms with E-state index in [1.807, 2.05) is 147 Å². The summed E-state index contributed by atoms with van der Waals surface area (Å²) in [7, 11) is 3.32. The standard InChI is InChI=1S/C47H53N3O7/c1-31-42(29-50(3)32(2)43(52)37-15-9-6-10-16-37)56-46(57-44(31)38-20-18-34(30-51)19-21-38)39-24-22-36(23-25-39)40-17-11-14-35(26-40)28-48-47(54)49-41(45(53)55-4)27-33-12-7-5-8-13-33/h5-26,31-32,41-44,46,51-52H,27-30H2,1-4H3,(H2,48,49,54)/t31-,32+,41+,42+,43+,44+,46+/m1/s1. The molecule has 2 amide bonds. The monoisotopic (exact) mass is 771 g/mol. The zero-order valence-corrected chi connectivity index (χ0v) is 33.0. The van der Waals surface area contributed by atoms with Crippen LogP contribution in [0.5, 0.6) is 0 Å². The summed E-state index contributed by atoms with van der Waals surface area (Å²) in [6.45, 7) is 4.96. The van der Waals surface area contributed by atoms with Gasteiger partial charge in [-0.2, -0.15) is 0 Å². The first-order chi connectivity index (χ1) is 27.6. The molecule has 7 atom stereocenters. The van der Waals surface area contributed by atoms with E-state index in [9.17, 15) is 19.8 Å². The summed E-state index contributed by atoms with van der Waals surface area (Å²) >= 11 is 0. The van der Waals surface area contributed by atoms with Crippen LogP contribution in [0.4, 0.5) is 4.79 Å². The quantitative estimate of drug-likeness (QED) is 0.0819. The van der Waals surface area contributed by atoms with Gasteiger partial charge < -0.3 is 35.1 Å². The van der Waals surface area contributed by atoms with Crippen molar-refractivity contribution in [2.45, 2.75) is 70.1 Å². The van der Waals surface area contributed by atoms with Crippen molar-refractivity contribution in [2.75, 3.05) is 20.7 Å². The lowest BCUT2D eigenvalue weighted by Gasteiger charge is -2.43. The number of aliphatic hydroxyl groups excluding tert-OH is 2. The van der Waals surface area contributed by atoms with E-state index >= 15 is 0 Å². The van der Waals surface area contributed by atoms with Gasteiger partial charge in [0.25, 0.3) is 0 Å². The Morgan fingerprint density at radius 1 is 0.789 bits per heavy atom. The number of aliphatic hydroxyl groups is 2. The van der Waals surface area contributed by atoms with Gasteiger partial charge in [0.2, 0.25) is 0 Å². The number of hydrogen-bond acceptors (Lipinski definition) is 8. The molecular formula is C47H53N3O7. The molecule has 298 valence electrons. The summed E-state index contributed by atoms with van der Waals surface area (Å²) in [5.74, 6) is -0.529. The molecule has 0 spiro atoms. The minimum absolute atomic E-state index is 0.0161. The second-order valence-electron chi connectivity index (χ2n) is 14.8. The van der Waals surface area contributed by atoms with E-state index in [2.05, 4.69) is 22.5 Å². The van der Waals surface area contributed by atoms with Crippen molar-refractivity contribution in [3.8, 4) is 11.1 Å². The normalized spacial score (nSPS) is 19.6. The summed E-state index contributed by atoms with van der Waals surface area (Å²) in [5.41, 5.74) is 7.35. The van der Waals surface area contributed by atoms with Crippen LogP contribution in [0.1, 0.15) is 65.7 Å². The van der Waals surface area contributed by atoms with Gasteiger partial charge in [-0.15, -0.1) is 0 Å². The fourth-order valence-electron chi connectivity index (χ4n) is 7.22. The molecule has 1 heterocycles. The maximum Gasteiger partial charge on any atom is 0.328 e. The van der Waals surface area contributed by atoms with Gasteiger partial charge in [-0.3, -0.25) is 4.90 Å². The third-order valence-corrected chi connectivity index (χ3v) is 10.9. The van der Waals surface area contributed by atoms with Gasteiger partial charge in [-0.05, 0) is 59.0 Å². The Morgan fingerprint density at radius 3 is 2.11 bits per heavy atom. The van der Waals surface area contributed by atoms with Crippen LogP contribution in [0.3, 0.4) is 0 Å². The van der Waals surface area contributed by atoms with Crippen LogP contribution in [0.25, 0.3) is 11.1 Å². The Labute approximate surface area is 335 Å². The summed E-state index contributed by atoms with van der Waals surface area (Å²) in [6.07, 6.45) is -1.48. The fourth-order valence-corrected chi connectivity index (χ4v) is 7.22. The molecule has 5 aromatic rings. The van der Waals surface area contributed by atoms with E-state index in [1.54, 1.807) is 0 Å². The summed E-state index contributed by atoms with van der Waals surface area (Å²) in [6, 6.07) is 41.6. The molecule has 0 saturated carbocycles. The van der Waals surface area contributed by atoms with Crippen molar-refractivity contribution in [3.05, 3.63) is 167 Å². The minimum atomic E-state index is -0.822. The maximum absolute atomic E-state index is 12.9. The molecule has 57 heavy (non-hydrogen) atoms. The molecule has 0 aliphatic carbocycles. The molecule has 6 rings (SSSR count). The van der Waals surface area contributed by atoms with Gasteiger partial charge in [0, 0.05) is 37.0 Å². The first kappa shape index (κ1) is 41.3. The SMILES string of the molecule is COC(=O)[C@H](Cc1ccccc1)NC(=O)NCc1cccc(-c2ccc([C@H]3O[C@@H](CN(C)[C@@H](C)[C@H](O)c4ccccc4)[C@@H](C)[C@@H](c4ccc(CO)cc4)O3)cc2)c1. The lowest BCUT2D eigenvalue weighted by Crippen LogP contribution is -2.47. The molecule has 10 nitrogen and oxygen atoms in total. The van der Waals surface area contributed by atoms with Gasteiger partial charge in [-0.1, -0.05) is 134 Å². The molecule has 0 aromatic heterocycles. The van der Waals surface area contributed by atoms with Crippen LogP contribution in [-0.2, 0) is 38.6 Å². The van der Waals surface area contributed by atoms with Crippen molar-refractivity contribution in [1.29, 1.82) is 0 Å². The van der Waals surface area contributed by atoms with Crippen LogP contribution in [0, 0.1) is 5.92 Å². The molecule has 1 aliphatic heterocycles. The zero-order chi connectivity index (χ0) is 40.3. The van der Waals surface area contributed by atoms with Crippen molar-refractivity contribution in [3.63, 3.8) is 0 Å². The molecule has 1 fully saturated rings. The molecule has 10 heteroatoms. The average molecular weight is 772 g/mol. The van der Waals surface area contributed by atoms with Crippen LogP contribution >= 0.6 is 0 Å². The molecule has 0 unspecified atom stereocenters. The maximum atomic E-state index is 12.9. The predicted octanol–water partition coefficient (Wildman–Crippen LogP) is 7.27. The molecule has 4 N–H and O–H groups in total. The lowest BCUT2D eigenvalue weighted by molar-refractivity contribution is -0.276. The van der Waals surface area contributed by atoms with Crippen molar-refractivity contribution < 1.29 is 34.0 Å². The summed E-state index contributed by atoms with van der Waals surface area (Å²) in [5, 5.41) is 26.5. The van der Waals surface area contributed by atoms with Gasteiger partial charge >= 0.3 is 12.0 Å². The fraction of sp³-hybridized carbons (Fsp3) is 0.319. The smallest absolute Gasteiger partial charge is 0.328 e. The number of benzene rings is 5. The highest BCUT2D eigenvalue weighted by atomic mass is 16.7. The molecule has 0 bridgehead atoms. The third kappa shape index (κ3) is 10.7. The highest BCUT2D eigenvalue weighted by Crippen LogP contribution is 2.42. The van der Waals surface area contributed by atoms with Crippen LogP contribution in [0.2, 0.25) is 0 Å². The van der Waals surface area contributed by atoms with Crippen molar-refractivity contribution in [2.24, 2.45) is 5.92 Å². The average Bonchev–Trinajstić information content (AvgIpc) is 3.26. The molecule has 0 radical (unpaired) electrons. The van der Waals surface area contributed by atoms with Gasteiger partial charge in [0.15, 0.2) is 6.29 Å². The highest BCUT2D eigenvalue weighted by molar-refractivity contribution is 5.83. The number of carbonyl (C=O) groups excluding carboxylic acids is 2. The number of carbonyl (C=O) groups is 2. The van der Waals surface area contributed by atoms with E-state index in [-0.39, 0.29) is 37.3 Å². The number of nitrogens with one attached hydrogen (secondary N) is 2. The van der Waals surface area contributed by atoms with E-state index < -0.39 is 30.4 Å². The van der Waals surface area contributed by atoms with Gasteiger partial charge in [-0.25, -0.2) is 9.59 Å². The minimum Gasteiger partial charge on any atom is -0.467 e. The van der Waals surface area contributed by atoms with Crippen LogP contribution in [0.15, 0.2) is 133 Å². The second-order valence-corrected chi connectivity index (χ2v) is 14.8. The number of methoxy groups -OCH3 is 1. The highest BCUT2D eigenvalue weighted by Gasteiger charge is 2.39. The Morgan fingerprint density at radius 2 is 1.44 bits per heavy atom. The first-order valence-corrected chi connectivity index (χ1v) is 19.4. The van der Waals surface area contributed by atoms with Crippen LogP contribution < -0.4 is 10.6 Å². The number of likely N-dealkylation sites (N-methyl/N-ethyl adjacent to an activating group) is 1. The summed E-state index contributed by atoms with van der Waals surface area (Å²) < 4.78 is 18.4. The Balaban J connectivity index is 1.13. The number of esters is 1. The van der Waals surface area contributed by atoms with Gasteiger partial charge in [0.05, 0.1) is 32.0 Å². The number of amides is 2. The van der Waals surface area contributed by atoms with Crippen LogP contribution in [-0.4, -0.2) is 66.0 Å². The number of rotatable bonds is 15. The first-order valence-electron chi connectivity index (χ1n) is 19.4. The molecule has 1 saturated heterocycles. The van der Waals surface area contributed by atoms with E-state index in [1.165, 1.54) is 7.11 Å². The number of nitrogens with zero attached hydrogens (tertiary/aromatic N) is 1. The Kier molecular flexibility index (Phi) is 14.2. The van der Waals surface area contributed by atoms with E-state index in [0.29, 0.717) is 13.0 Å². The molecule has 1 aliphatic rings. The van der Waals surface area contributed by atoms with Crippen molar-refractivity contribution in [1.82, 2.24) is 15.5 Å². The molecule has 5 aromatic carbocycles. The van der Waals surface area contributed by atoms with Crippen molar-refractivity contribution >= 4 is 12.0 Å². The predicted molar refractivity (Wildman–Crippen MR) is 220 cm³/mol. The largest absolute Gasteiger partial charge is 0.467 e. The topological polar surface area (TPSA) is 130 Å². The van der Waals surface area contributed by atoms with E-state index in [4.69, 9.17) is 14.2 Å². The Hall–Kier alpha value is -5.36. The third-order valence-electron chi connectivity index (χ3n) is 10.9.